The monoisotopic (exact) mass is 257 g/mol. The van der Waals surface area contributed by atoms with Gasteiger partial charge in [-0.1, -0.05) is 31.2 Å². The van der Waals surface area contributed by atoms with Gasteiger partial charge in [0.1, 0.15) is 12.4 Å². The third-order valence-electron chi connectivity index (χ3n) is 2.74. The van der Waals surface area contributed by atoms with Crippen molar-refractivity contribution in [1.82, 2.24) is 10.2 Å². The highest BCUT2D eigenvalue weighted by Crippen LogP contribution is 2.17. The first-order valence-electron chi connectivity index (χ1n) is 6.07. The van der Waals surface area contributed by atoms with E-state index in [1.165, 1.54) is 5.56 Å². The molecule has 0 fully saturated rings. The summed E-state index contributed by atoms with van der Waals surface area (Å²) >= 11 is 0. The van der Waals surface area contributed by atoms with Gasteiger partial charge in [0.05, 0.1) is 5.69 Å². The Bertz CT molecular complexity index is 550. The summed E-state index contributed by atoms with van der Waals surface area (Å²) in [5.74, 6) is -0.475. The number of benzene rings is 1. The van der Waals surface area contributed by atoms with Crippen LogP contribution >= 0.6 is 0 Å². The maximum Gasteiger partial charge on any atom is 0.322 e. The van der Waals surface area contributed by atoms with Crippen molar-refractivity contribution in [2.75, 3.05) is 11.9 Å². The molecule has 1 aromatic carbocycles. The highest BCUT2D eigenvalue weighted by atomic mass is 16.4. The smallest absolute Gasteiger partial charge is 0.322 e. The Hall–Kier alpha value is -2.43. The fourth-order valence-corrected chi connectivity index (χ4v) is 1.66. The highest BCUT2D eigenvalue weighted by Gasteiger charge is 2.02. The summed E-state index contributed by atoms with van der Waals surface area (Å²) < 4.78 is 0. The van der Waals surface area contributed by atoms with Gasteiger partial charge in [0.25, 0.3) is 0 Å². The summed E-state index contributed by atoms with van der Waals surface area (Å²) in [4.78, 5) is 10.4. The molecule has 0 aliphatic heterocycles. The van der Waals surface area contributed by atoms with Gasteiger partial charge in [0, 0.05) is 5.56 Å². The molecular formula is C14H15N3O2. The Balaban J connectivity index is 2.10. The molecule has 0 bridgehead atoms. The molecule has 5 nitrogen and oxygen atoms in total. The van der Waals surface area contributed by atoms with E-state index in [-0.39, 0.29) is 6.54 Å². The van der Waals surface area contributed by atoms with Gasteiger partial charge >= 0.3 is 5.97 Å². The van der Waals surface area contributed by atoms with E-state index in [1.807, 2.05) is 18.2 Å². The SMILES string of the molecule is CCc1ccc(-c2ccc(NCC(=O)O)nn2)cc1. The van der Waals surface area contributed by atoms with Crippen molar-refractivity contribution in [3.05, 3.63) is 42.0 Å². The van der Waals surface area contributed by atoms with Crippen molar-refractivity contribution in [2.45, 2.75) is 13.3 Å². The first-order chi connectivity index (χ1) is 9.19. The number of hydrogen-bond donors (Lipinski definition) is 2. The third kappa shape index (κ3) is 3.51. The second-order valence-corrected chi connectivity index (χ2v) is 4.10. The lowest BCUT2D eigenvalue weighted by atomic mass is 10.1. The number of anilines is 1. The van der Waals surface area contributed by atoms with Crippen LogP contribution in [0.1, 0.15) is 12.5 Å². The minimum atomic E-state index is -0.930. The number of aliphatic carboxylic acids is 1. The molecule has 19 heavy (non-hydrogen) atoms. The van der Waals surface area contributed by atoms with Gasteiger partial charge in [-0.15, -0.1) is 10.2 Å². The molecule has 5 heteroatoms. The minimum Gasteiger partial charge on any atom is -0.480 e. The Kier molecular flexibility index (Phi) is 4.07. The number of aromatic nitrogens is 2. The molecule has 2 N–H and O–H groups in total. The van der Waals surface area contributed by atoms with Crippen LogP contribution in [-0.4, -0.2) is 27.8 Å². The lowest BCUT2D eigenvalue weighted by Crippen LogP contribution is -2.13. The van der Waals surface area contributed by atoms with E-state index in [1.54, 1.807) is 6.07 Å². The van der Waals surface area contributed by atoms with Gasteiger partial charge in [0.2, 0.25) is 0 Å². The molecule has 0 unspecified atom stereocenters. The zero-order valence-electron chi connectivity index (χ0n) is 10.6. The molecule has 0 atom stereocenters. The summed E-state index contributed by atoms with van der Waals surface area (Å²) in [7, 11) is 0. The van der Waals surface area contributed by atoms with Crippen LogP contribution in [0.25, 0.3) is 11.3 Å². The molecule has 0 radical (unpaired) electrons. The van der Waals surface area contributed by atoms with Crippen molar-refractivity contribution < 1.29 is 9.90 Å². The molecule has 0 aliphatic rings. The minimum absolute atomic E-state index is 0.167. The summed E-state index contributed by atoms with van der Waals surface area (Å²) in [6.45, 7) is 1.94. The van der Waals surface area contributed by atoms with E-state index in [9.17, 15) is 4.79 Å². The van der Waals surface area contributed by atoms with Crippen molar-refractivity contribution in [3.63, 3.8) is 0 Å². The van der Waals surface area contributed by atoms with E-state index in [0.717, 1.165) is 17.7 Å². The quantitative estimate of drug-likeness (QED) is 0.858. The zero-order chi connectivity index (χ0) is 13.7. The van der Waals surface area contributed by atoms with Gasteiger partial charge in [-0.25, -0.2) is 0 Å². The Morgan fingerprint density at radius 1 is 1.16 bits per heavy atom. The molecule has 1 aromatic heterocycles. The first kappa shape index (κ1) is 13.0. The molecule has 0 amide bonds. The Morgan fingerprint density at radius 2 is 1.89 bits per heavy atom. The van der Waals surface area contributed by atoms with Gasteiger partial charge in [-0.2, -0.15) is 0 Å². The van der Waals surface area contributed by atoms with Crippen molar-refractivity contribution >= 4 is 11.8 Å². The normalized spacial score (nSPS) is 10.2. The topological polar surface area (TPSA) is 75.1 Å². The molecule has 1 heterocycles. The van der Waals surface area contributed by atoms with Crippen LogP contribution in [0, 0.1) is 0 Å². The summed E-state index contributed by atoms with van der Waals surface area (Å²) in [5, 5.41) is 19.2. The summed E-state index contributed by atoms with van der Waals surface area (Å²) in [6.07, 6.45) is 1.00. The van der Waals surface area contributed by atoms with Crippen LogP contribution in [0.15, 0.2) is 36.4 Å². The van der Waals surface area contributed by atoms with Crippen molar-refractivity contribution in [2.24, 2.45) is 0 Å². The van der Waals surface area contributed by atoms with E-state index in [2.05, 4.69) is 34.6 Å². The van der Waals surface area contributed by atoms with Crippen molar-refractivity contribution in [1.29, 1.82) is 0 Å². The van der Waals surface area contributed by atoms with E-state index in [0.29, 0.717) is 5.82 Å². The first-order valence-corrected chi connectivity index (χ1v) is 6.07. The second-order valence-electron chi connectivity index (χ2n) is 4.10. The van der Waals surface area contributed by atoms with Crippen LogP contribution in [0.3, 0.4) is 0 Å². The highest BCUT2D eigenvalue weighted by molar-refractivity contribution is 5.72. The van der Waals surface area contributed by atoms with E-state index in [4.69, 9.17) is 5.11 Å². The maximum absolute atomic E-state index is 10.4. The van der Waals surface area contributed by atoms with Crippen LogP contribution < -0.4 is 5.32 Å². The van der Waals surface area contributed by atoms with Crippen LogP contribution in [0.4, 0.5) is 5.82 Å². The number of aryl methyl sites for hydroxylation is 1. The molecule has 0 spiro atoms. The van der Waals surface area contributed by atoms with Gasteiger partial charge < -0.3 is 10.4 Å². The van der Waals surface area contributed by atoms with Crippen LogP contribution in [-0.2, 0) is 11.2 Å². The third-order valence-corrected chi connectivity index (χ3v) is 2.74. The molecule has 0 saturated heterocycles. The standard InChI is InChI=1S/C14H15N3O2/c1-2-10-3-5-11(6-4-10)12-7-8-13(17-16-12)15-9-14(18)19/h3-8H,2,9H2,1H3,(H,15,17)(H,18,19). The lowest BCUT2D eigenvalue weighted by Gasteiger charge is -2.04. The number of rotatable bonds is 5. The van der Waals surface area contributed by atoms with Crippen LogP contribution in [0.2, 0.25) is 0 Å². The van der Waals surface area contributed by atoms with Gasteiger partial charge in [0.15, 0.2) is 0 Å². The van der Waals surface area contributed by atoms with Gasteiger partial charge in [-0.3, -0.25) is 4.79 Å². The number of nitrogens with zero attached hydrogens (tertiary/aromatic N) is 2. The van der Waals surface area contributed by atoms with Crippen molar-refractivity contribution in [3.8, 4) is 11.3 Å². The molecule has 0 aliphatic carbocycles. The second kappa shape index (κ2) is 5.95. The fraction of sp³-hybridized carbons (Fsp3) is 0.214. The predicted molar refractivity (Wildman–Crippen MR) is 73.0 cm³/mol. The number of hydrogen-bond acceptors (Lipinski definition) is 4. The molecule has 98 valence electrons. The predicted octanol–water partition coefficient (Wildman–Crippen LogP) is 2.20. The number of nitrogens with one attached hydrogen (secondary N) is 1. The fourth-order valence-electron chi connectivity index (χ4n) is 1.66. The average molecular weight is 257 g/mol. The van der Waals surface area contributed by atoms with Crippen LogP contribution in [0.5, 0.6) is 0 Å². The number of carbonyl (C=O) groups is 1. The lowest BCUT2D eigenvalue weighted by molar-refractivity contribution is -0.134. The number of carboxylic acids is 1. The number of carboxylic acid groups (broad SMARTS) is 1. The van der Waals surface area contributed by atoms with E-state index >= 15 is 0 Å². The Labute approximate surface area is 111 Å². The molecule has 0 saturated carbocycles. The van der Waals surface area contributed by atoms with E-state index < -0.39 is 5.97 Å². The molecule has 2 rings (SSSR count). The largest absolute Gasteiger partial charge is 0.480 e. The molecule has 2 aromatic rings. The summed E-state index contributed by atoms with van der Waals surface area (Å²) in [5.41, 5.74) is 3.04. The maximum atomic E-state index is 10.4. The zero-order valence-corrected chi connectivity index (χ0v) is 10.6. The average Bonchev–Trinajstić information content (AvgIpc) is 2.46. The Morgan fingerprint density at radius 3 is 2.42 bits per heavy atom. The summed E-state index contributed by atoms with van der Waals surface area (Å²) in [6, 6.07) is 11.7. The van der Waals surface area contributed by atoms with Gasteiger partial charge in [-0.05, 0) is 24.1 Å². The molecular weight excluding hydrogens is 242 g/mol.